The highest BCUT2D eigenvalue weighted by Crippen LogP contribution is 2.32. The van der Waals surface area contributed by atoms with Crippen LogP contribution in [0.25, 0.3) is 0 Å². The average molecular weight is 754 g/mol. The molecule has 5 amide bonds. The lowest BCUT2D eigenvalue weighted by Gasteiger charge is -2.27. The van der Waals surface area contributed by atoms with E-state index in [2.05, 4.69) is 10.6 Å². The summed E-state index contributed by atoms with van der Waals surface area (Å²) < 4.78 is 42.8. The predicted octanol–water partition coefficient (Wildman–Crippen LogP) is 0.804. The van der Waals surface area contributed by atoms with Gasteiger partial charge in [-0.15, -0.1) is 0 Å². The molecule has 0 aliphatic carbocycles. The van der Waals surface area contributed by atoms with Crippen molar-refractivity contribution >= 4 is 41.2 Å². The lowest BCUT2D eigenvalue weighted by molar-refractivity contribution is -0.143. The predicted molar refractivity (Wildman–Crippen MR) is 184 cm³/mol. The summed E-state index contributed by atoms with van der Waals surface area (Å²) >= 11 is 0. The maximum absolute atomic E-state index is 13.2. The highest BCUT2D eigenvalue weighted by atomic mass is 16.6. The Kier molecular flexibility index (Phi) is 21.3. The van der Waals surface area contributed by atoms with E-state index in [9.17, 15) is 28.8 Å². The van der Waals surface area contributed by atoms with Crippen molar-refractivity contribution in [3.05, 3.63) is 29.3 Å². The van der Waals surface area contributed by atoms with Crippen LogP contribution in [-0.2, 0) is 57.1 Å². The zero-order valence-electron chi connectivity index (χ0n) is 30.0. The summed E-state index contributed by atoms with van der Waals surface area (Å²) in [5, 5.41) is 13.3. The third-order valence-electron chi connectivity index (χ3n) is 7.76. The van der Waals surface area contributed by atoms with Gasteiger partial charge in [0.2, 0.25) is 17.7 Å². The van der Waals surface area contributed by atoms with Crippen LogP contribution in [0.4, 0.5) is 5.69 Å². The van der Waals surface area contributed by atoms with E-state index < -0.39 is 35.6 Å². The number of carbonyl (C=O) groups is 6. The topological polar surface area (TPSA) is 224 Å². The second-order valence-electron chi connectivity index (χ2n) is 11.8. The number of rotatable bonds is 31. The van der Waals surface area contributed by atoms with Crippen molar-refractivity contribution in [3.8, 4) is 0 Å². The molecule has 0 aromatic heterocycles. The number of imide groups is 2. The number of piperidine rings is 1. The molecule has 1 aromatic carbocycles. The molecule has 3 N–H and O–H groups in total. The van der Waals surface area contributed by atoms with Gasteiger partial charge in [-0.1, -0.05) is 12.5 Å². The van der Waals surface area contributed by atoms with Crippen molar-refractivity contribution in [1.29, 1.82) is 0 Å². The number of ether oxygens (including phenoxy) is 8. The quantitative estimate of drug-likeness (QED) is 0.0705. The molecule has 2 aliphatic heterocycles. The van der Waals surface area contributed by atoms with E-state index >= 15 is 0 Å². The van der Waals surface area contributed by atoms with Gasteiger partial charge in [-0.2, -0.15) is 0 Å². The Morgan fingerprint density at radius 3 is 1.70 bits per heavy atom. The van der Waals surface area contributed by atoms with Gasteiger partial charge in [0.05, 0.1) is 109 Å². The van der Waals surface area contributed by atoms with Crippen LogP contribution < -0.4 is 10.6 Å². The van der Waals surface area contributed by atoms with Gasteiger partial charge in [0, 0.05) is 19.4 Å². The van der Waals surface area contributed by atoms with Crippen LogP contribution in [0.3, 0.4) is 0 Å². The monoisotopic (exact) mass is 753 g/mol. The Morgan fingerprint density at radius 1 is 0.679 bits per heavy atom. The molecule has 18 nitrogen and oxygen atoms in total. The van der Waals surface area contributed by atoms with E-state index in [-0.39, 0.29) is 55.2 Å². The van der Waals surface area contributed by atoms with Gasteiger partial charge in [-0.25, -0.2) is 4.79 Å². The zero-order chi connectivity index (χ0) is 38.1. The van der Waals surface area contributed by atoms with Crippen LogP contribution in [0, 0.1) is 0 Å². The van der Waals surface area contributed by atoms with Crippen LogP contribution in [-0.4, -0.2) is 157 Å². The summed E-state index contributed by atoms with van der Waals surface area (Å²) in [7, 11) is 0. The van der Waals surface area contributed by atoms with Crippen molar-refractivity contribution in [1.82, 2.24) is 10.2 Å². The highest BCUT2D eigenvalue weighted by molar-refractivity contribution is 6.26. The maximum atomic E-state index is 13.2. The molecule has 0 saturated carbocycles. The first kappa shape index (κ1) is 43.5. The fraction of sp³-hybridized carbons (Fsp3) is 0.657. The van der Waals surface area contributed by atoms with Gasteiger partial charge in [0.25, 0.3) is 11.8 Å². The molecule has 53 heavy (non-hydrogen) atoms. The maximum Gasteiger partial charge on any atom is 0.329 e. The zero-order valence-corrected chi connectivity index (χ0v) is 30.0. The molecule has 1 aromatic rings. The number of carboxylic acid groups (broad SMARTS) is 1. The molecule has 0 radical (unpaired) electrons. The second-order valence-corrected chi connectivity index (χ2v) is 11.8. The van der Waals surface area contributed by atoms with Crippen LogP contribution >= 0.6 is 0 Å². The summed E-state index contributed by atoms with van der Waals surface area (Å²) in [5.41, 5.74) is 0.367. The smallest absolute Gasteiger partial charge is 0.329 e. The van der Waals surface area contributed by atoms with Gasteiger partial charge in [-0.05, 0) is 31.4 Å². The average Bonchev–Trinajstić information content (AvgIpc) is 3.38. The summed E-state index contributed by atoms with van der Waals surface area (Å²) in [6.45, 7) is 5.91. The van der Waals surface area contributed by atoms with Crippen molar-refractivity contribution in [2.45, 2.75) is 44.6 Å². The standard InChI is InChI=1S/C35H51N3O15/c39-29(36-27-6-4-5-26-32(27)35(45)38(34(26)44)28-8-9-30(40)37-33(28)43)7-2-1-3-10-46-11-12-47-13-14-48-15-16-49-17-18-50-19-20-51-21-22-52-23-24-53-25-31(41)42/h4-6,28H,1-3,7-25H2,(H,36,39)(H,41,42)(H,37,40,43). The van der Waals surface area contributed by atoms with Gasteiger partial charge in [0.1, 0.15) is 12.6 Å². The molecule has 296 valence electrons. The van der Waals surface area contributed by atoms with Crippen LogP contribution in [0.2, 0.25) is 0 Å². The normalized spacial score (nSPS) is 15.5. The fourth-order valence-corrected chi connectivity index (χ4v) is 5.20. The molecule has 1 saturated heterocycles. The van der Waals surface area contributed by atoms with Crippen LogP contribution in [0.15, 0.2) is 18.2 Å². The number of nitrogens with zero attached hydrogens (tertiary/aromatic N) is 1. The molecular weight excluding hydrogens is 702 g/mol. The largest absolute Gasteiger partial charge is 0.480 e. The van der Waals surface area contributed by atoms with Gasteiger partial charge < -0.3 is 48.3 Å². The number of anilines is 1. The minimum Gasteiger partial charge on any atom is -0.480 e. The SMILES string of the molecule is O=C(O)COCCOCCOCCOCCOCCOCCOCCOCCCCCC(=O)Nc1cccc2c1C(=O)N(C1CCC(=O)NC1=O)C2=O. The summed E-state index contributed by atoms with van der Waals surface area (Å²) in [5.74, 6) is -3.75. The summed E-state index contributed by atoms with van der Waals surface area (Å²) in [4.78, 5) is 73.7. The molecule has 2 heterocycles. The van der Waals surface area contributed by atoms with Crippen LogP contribution in [0.5, 0.6) is 0 Å². The highest BCUT2D eigenvalue weighted by Gasteiger charge is 2.45. The molecule has 0 spiro atoms. The molecule has 3 rings (SSSR count). The van der Waals surface area contributed by atoms with Crippen LogP contribution in [0.1, 0.15) is 59.2 Å². The minimum absolute atomic E-state index is 0.0248. The first-order valence-corrected chi connectivity index (χ1v) is 17.8. The molecule has 2 aliphatic rings. The number of fused-ring (bicyclic) bond motifs is 1. The van der Waals surface area contributed by atoms with Crippen molar-refractivity contribution in [2.75, 3.05) is 111 Å². The third kappa shape index (κ3) is 16.8. The van der Waals surface area contributed by atoms with Gasteiger partial charge >= 0.3 is 5.97 Å². The third-order valence-corrected chi connectivity index (χ3v) is 7.76. The second kappa shape index (κ2) is 26.0. The van der Waals surface area contributed by atoms with E-state index in [4.69, 9.17) is 43.0 Å². The van der Waals surface area contributed by atoms with Gasteiger partial charge in [0.15, 0.2) is 0 Å². The Morgan fingerprint density at radius 2 is 1.19 bits per heavy atom. The number of unbranched alkanes of at least 4 members (excludes halogenated alkanes) is 2. The fourth-order valence-electron chi connectivity index (χ4n) is 5.20. The molecular formula is C35H51N3O15. The van der Waals surface area contributed by atoms with E-state index in [1.807, 2.05) is 0 Å². The van der Waals surface area contributed by atoms with Crippen molar-refractivity contribution < 1.29 is 71.8 Å². The molecule has 1 unspecified atom stereocenters. The van der Waals surface area contributed by atoms with E-state index in [1.54, 1.807) is 12.1 Å². The molecule has 1 atom stereocenters. The number of aliphatic carboxylic acids is 1. The summed E-state index contributed by atoms with van der Waals surface area (Å²) in [6.07, 6.45) is 2.42. The van der Waals surface area contributed by atoms with E-state index in [0.29, 0.717) is 98.9 Å². The first-order chi connectivity index (χ1) is 25.8. The van der Waals surface area contributed by atoms with Crippen molar-refractivity contribution in [2.24, 2.45) is 0 Å². The number of amides is 5. The molecule has 1 fully saturated rings. The number of carboxylic acids is 1. The van der Waals surface area contributed by atoms with Crippen molar-refractivity contribution in [3.63, 3.8) is 0 Å². The van der Waals surface area contributed by atoms with E-state index in [0.717, 1.165) is 17.7 Å². The Balaban J connectivity index is 1.07. The summed E-state index contributed by atoms with van der Waals surface area (Å²) in [6, 6.07) is 3.51. The van der Waals surface area contributed by atoms with Gasteiger partial charge in [-0.3, -0.25) is 34.2 Å². The van der Waals surface area contributed by atoms with E-state index in [1.165, 1.54) is 6.07 Å². The Labute approximate surface area is 308 Å². The first-order valence-electron chi connectivity index (χ1n) is 17.8. The molecule has 0 bridgehead atoms. The number of hydrogen-bond donors (Lipinski definition) is 3. The minimum atomic E-state index is -1.08. The number of carbonyl (C=O) groups excluding carboxylic acids is 5. The number of benzene rings is 1. The lowest BCUT2D eigenvalue weighted by Crippen LogP contribution is -2.54. The molecule has 18 heteroatoms. The Hall–Kier alpha value is -3.88. The Bertz CT molecular complexity index is 1330. The number of nitrogens with one attached hydrogen (secondary N) is 2. The number of hydrogen-bond acceptors (Lipinski definition) is 14. The lowest BCUT2D eigenvalue weighted by atomic mass is 10.0.